The molecule has 2 aromatic rings. The lowest BCUT2D eigenvalue weighted by Crippen LogP contribution is -2.04. The summed E-state index contributed by atoms with van der Waals surface area (Å²) in [5.41, 5.74) is 11.0. The number of thioether (sulfide) groups is 1. The zero-order valence-electron chi connectivity index (χ0n) is 11.5. The minimum Gasteiger partial charge on any atom is -0.507 e. The van der Waals surface area contributed by atoms with E-state index in [1.165, 1.54) is 5.56 Å². The predicted molar refractivity (Wildman–Crippen MR) is 82.7 cm³/mol. The summed E-state index contributed by atoms with van der Waals surface area (Å²) in [5, 5.41) is 10.4. The van der Waals surface area contributed by atoms with E-state index in [4.69, 9.17) is 5.73 Å². The molecule has 0 atom stereocenters. The Kier molecular flexibility index (Phi) is 4.17. The van der Waals surface area contributed by atoms with Crippen LogP contribution < -0.4 is 5.73 Å². The van der Waals surface area contributed by atoms with E-state index in [-0.39, 0.29) is 0 Å². The minimum absolute atomic E-state index is 0.330. The Morgan fingerprint density at radius 2 is 1.74 bits per heavy atom. The topological polar surface area (TPSA) is 46.2 Å². The van der Waals surface area contributed by atoms with Crippen LogP contribution in [0.4, 0.5) is 0 Å². The van der Waals surface area contributed by atoms with E-state index in [0.717, 1.165) is 27.1 Å². The molecule has 0 aliphatic rings. The van der Waals surface area contributed by atoms with Crippen LogP contribution >= 0.6 is 11.8 Å². The van der Waals surface area contributed by atoms with Crippen molar-refractivity contribution in [2.24, 2.45) is 5.73 Å². The molecule has 0 fully saturated rings. The first-order valence-corrected chi connectivity index (χ1v) is 7.48. The maximum Gasteiger partial charge on any atom is 0.124 e. The van der Waals surface area contributed by atoms with Gasteiger partial charge in [-0.1, -0.05) is 30.3 Å². The van der Waals surface area contributed by atoms with Crippen molar-refractivity contribution in [3.63, 3.8) is 0 Å². The Hall–Kier alpha value is -1.45. The molecule has 0 bridgehead atoms. The average molecular weight is 273 g/mol. The Morgan fingerprint density at radius 1 is 1.11 bits per heavy atom. The van der Waals surface area contributed by atoms with Crippen LogP contribution in [0.1, 0.15) is 16.7 Å². The highest BCUT2D eigenvalue weighted by molar-refractivity contribution is 7.98. The summed E-state index contributed by atoms with van der Waals surface area (Å²) < 4.78 is 0. The standard InChI is InChI=1S/C16H19NOS/c1-10-14(12-7-5-4-6-8-12)13(9-17)15(18)11(2)16(10)19-3/h4-8,18H,9,17H2,1-3H3. The summed E-state index contributed by atoms with van der Waals surface area (Å²) >= 11 is 1.66. The number of benzene rings is 2. The molecule has 0 saturated heterocycles. The molecule has 0 unspecified atom stereocenters. The lowest BCUT2D eigenvalue weighted by atomic mass is 9.92. The largest absolute Gasteiger partial charge is 0.507 e. The predicted octanol–water partition coefficient (Wildman–Crippen LogP) is 3.86. The Balaban J connectivity index is 2.82. The van der Waals surface area contributed by atoms with Gasteiger partial charge in [0.05, 0.1) is 0 Å². The quantitative estimate of drug-likeness (QED) is 0.835. The lowest BCUT2D eigenvalue weighted by molar-refractivity contribution is 0.462. The van der Waals surface area contributed by atoms with E-state index >= 15 is 0 Å². The van der Waals surface area contributed by atoms with Crippen LogP contribution in [0.15, 0.2) is 35.2 Å². The minimum atomic E-state index is 0.330. The lowest BCUT2D eigenvalue weighted by Gasteiger charge is -2.19. The molecular weight excluding hydrogens is 254 g/mol. The summed E-state index contributed by atoms with van der Waals surface area (Å²) in [6, 6.07) is 10.1. The van der Waals surface area contributed by atoms with E-state index in [1.807, 2.05) is 31.4 Å². The molecular formula is C16H19NOS. The first kappa shape index (κ1) is 14.0. The van der Waals surface area contributed by atoms with Crippen LogP contribution in [-0.4, -0.2) is 11.4 Å². The number of aromatic hydroxyl groups is 1. The third kappa shape index (κ3) is 2.36. The molecule has 0 heterocycles. The maximum absolute atomic E-state index is 10.4. The molecule has 0 saturated carbocycles. The van der Waals surface area contributed by atoms with Crippen LogP contribution in [0.5, 0.6) is 5.75 Å². The highest BCUT2D eigenvalue weighted by atomic mass is 32.2. The number of hydrogen-bond acceptors (Lipinski definition) is 3. The van der Waals surface area contributed by atoms with Crippen LogP contribution in [0.25, 0.3) is 11.1 Å². The van der Waals surface area contributed by atoms with E-state index in [2.05, 4.69) is 19.1 Å². The number of phenolic OH excluding ortho intramolecular Hbond substituents is 1. The smallest absolute Gasteiger partial charge is 0.124 e. The Labute approximate surface area is 118 Å². The second-order valence-corrected chi connectivity index (χ2v) is 5.37. The van der Waals surface area contributed by atoms with Gasteiger partial charge in [-0.3, -0.25) is 0 Å². The Bertz CT molecular complexity index is 594. The van der Waals surface area contributed by atoms with Crippen molar-refractivity contribution in [2.45, 2.75) is 25.3 Å². The van der Waals surface area contributed by atoms with Gasteiger partial charge < -0.3 is 10.8 Å². The number of nitrogens with two attached hydrogens (primary N) is 1. The molecule has 2 rings (SSSR count). The fourth-order valence-electron chi connectivity index (χ4n) is 2.57. The summed E-state index contributed by atoms with van der Waals surface area (Å²) in [4.78, 5) is 1.13. The first-order chi connectivity index (χ1) is 9.11. The van der Waals surface area contributed by atoms with Gasteiger partial charge in [0.1, 0.15) is 5.75 Å². The molecule has 0 aromatic heterocycles. The second-order valence-electron chi connectivity index (χ2n) is 4.56. The van der Waals surface area contributed by atoms with Crippen molar-refractivity contribution in [3.8, 4) is 16.9 Å². The van der Waals surface area contributed by atoms with E-state index < -0.39 is 0 Å². The van der Waals surface area contributed by atoms with Crippen molar-refractivity contribution in [1.82, 2.24) is 0 Å². The van der Waals surface area contributed by atoms with E-state index in [1.54, 1.807) is 11.8 Å². The SMILES string of the molecule is CSc1c(C)c(O)c(CN)c(-c2ccccc2)c1C. The normalized spacial score (nSPS) is 10.7. The zero-order valence-corrected chi connectivity index (χ0v) is 12.3. The van der Waals surface area contributed by atoms with Crippen molar-refractivity contribution in [2.75, 3.05) is 6.26 Å². The summed E-state index contributed by atoms with van der Waals surface area (Å²) in [7, 11) is 0. The number of hydrogen-bond donors (Lipinski definition) is 2. The molecule has 3 heteroatoms. The maximum atomic E-state index is 10.4. The van der Waals surface area contributed by atoms with Crippen molar-refractivity contribution < 1.29 is 5.11 Å². The van der Waals surface area contributed by atoms with Crippen LogP contribution in [0, 0.1) is 13.8 Å². The molecule has 19 heavy (non-hydrogen) atoms. The summed E-state index contributed by atoms with van der Waals surface area (Å²) in [6.45, 7) is 4.38. The summed E-state index contributed by atoms with van der Waals surface area (Å²) in [5.74, 6) is 0.330. The number of phenols is 1. The average Bonchev–Trinajstić information content (AvgIpc) is 2.44. The Morgan fingerprint density at radius 3 is 2.26 bits per heavy atom. The molecule has 0 radical (unpaired) electrons. The molecule has 2 aromatic carbocycles. The van der Waals surface area contributed by atoms with E-state index in [9.17, 15) is 5.11 Å². The highest BCUT2D eigenvalue weighted by Crippen LogP contribution is 2.41. The fraction of sp³-hybridized carbons (Fsp3) is 0.250. The van der Waals surface area contributed by atoms with Gasteiger partial charge in [0.25, 0.3) is 0 Å². The van der Waals surface area contributed by atoms with E-state index in [0.29, 0.717) is 12.3 Å². The van der Waals surface area contributed by atoms with Crippen molar-refractivity contribution in [1.29, 1.82) is 0 Å². The fourth-order valence-corrected chi connectivity index (χ4v) is 3.38. The molecule has 0 spiro atoms. The van der Waals surface area contributed by atoms with Crippen LogP contribution in [0.2, 0.25) is 0 Å². The second kappa shape index (κ2) is 5.68. The van der Waals surface area contributed by atoms with Crippen molar-refractivity contribution in [3.05, 3.63) is 47.0 Å². The van der Waals surface area contributed by atoms with Gasteiger partial charge in [-0.2, -0.15) is 0 Å². The van der Waals surface area contributed by atoms with Gasteiger partial charge in [0.2, 0.25) is 0 Å². The molecule has 0 aliphatic heterocycles. The van der Waals surface area contributed by atoms with Gasteiger partial charge in [-0.05, 0) is 36.8 Å². The zero-order chi connectivity index (χ0) is 14.0. The van der Waals surface area contributed by atoms with Crippen molar-refractivity contribution >= 4 is 11.8 Å². The van der Waals surface area contributed by atoms with Gasteiger partial charge in [-0.25, -0.2) is 0 Å². The summed E-state index contributed by atoms with van der Waals surface area (Å²) in [6.07, 6.45) is 2.03. The van der Waals surface area contributed by atoms with Crippen LogP contribution in [-0.2, 0) is 6.54 Å². The van der Waals surface area contributed by atoms with Crippen LogP contribution in [0.3, 0.4) is 0 Å². The number of rotatable bonds is 3. The third-order valence-electron chi connectivity index (χ3n) is 3.47. The molecule has 0 aliphatic carbocycles. The van der Waals surface area contributed by atoms with Gasteiger partial charge >= 0.3 is 0 Å². The molecule has 3 N–H and O–H groups in total. The first-order valence-electron chi connectivity index (χ1n) is 6.26. The molecule has 0 amide bonds. The molecule has 2 nitrogen and oxygen atoms in total. The molecule has 100 valence electrons. The van der Waals surface area contributed by atoms with Gasteiger partial charge in [0.15, 0.2) is 0 Å². The monoisotopic (exact) mass is 273 g/mol. The highest BCUT2D eigenvalue weighted by Gasteiger charge is 2.18. The third-order valence-corrected chi connectivity index (χ3v) is 4.49. The van der Waals surface area contributed by atoms with Gasteiger partial charge in [-0.15, -0.1) is 11.8 Å². The van der Waals surface area contributed by atoms with Gasteiger partial charge in [0, 0.05) is 22.6 Å².